The number of methoxy groups -OCH3 is 1. The van der Waals surface area contributed by atoms with Crippen LogP contribution in [0.3, 0.4) is 0 Å². The van der Waals surface area contributed by atoms with E-state index in [0.717, 1.165) is 11.1 Å². The molecule has 0 bridgehead atoms. The molecule has 98 valence electrons. The van der Waals surface area contributed by atoms with Gasteiger partial charge in [0.25, 0.3) is 0 Å². The van der Waals surface area contributed by atoms with E-state index in [1.165, 1.54) is 0 Å². The largest absolute Gasteiger partial charge is 0.496 e. The van der Waals surface area contributed by atoms with Gasteiger partial charge in [-0.05, 0) is 31.0 Å². The Morgan fingerprint density at radius 1 is 1.33 bits per heavy atom. The molecule has 18 heavy (non-hydrogen) atoms. The van der Waals surface area contributed by atoms with Crippen molar-refractivity contribution in [1.29, 1.82) is 0 Å². The van der Waals surface area contributed by atoms with Crippen LogP contribution in [0.4, 0.5) is 0 Å². The maximum atomic E-state index is 12.2. The Labute approximate surface area is 107 Å². The summed E-state index contributed by atoms with van der Waals surface area (Å²) < 4.78 is 15.9. The van der Waals surface area contributed by atoms with Gasteiger partial charge in [-0.1, -0.05) is 6.07 Å². The molecule has 1 saturated heterocycles. The van der Waals surface area contributed by atoms with Gasteiger partial charge in [-0.3, -0.25) is 4.79 Å². The van der Waals surface area contributed by atoms with Gasteiger partial charge in [-0.15, -0.1) is 0 Å². The number of ketones is 1. The molecule has 1 aromatic carbocycles. The topological polar surface area (TPSA) is 44.8 Å². The summed E-state index contributed by atoms with van der Waals surface area (Å²) in [6.07, 6.45) is -0.178. The highest BCUT2D eigenvalue weighted by molar-refractivity contribution is 5.99. The van der Waals surface area contributed by atoms with E-state index in [1.807, 2.05) is 19.9 Å². The number of rotatable bonds is 4. The summed E-state index contributed by atoms with van der Waals surface area (Å²) in [5, 5.41) is 0. The van der Waals surface area contributed by atoms with Crippen LogP contribution < -0.4 is 4.74 Å². The molecule has 0 atom stereocenters. The first kappa shape index (κ1) is 13.1. The van der Waals surface area contributed by atoms with Crippen molar-refractivity contribution in [1.82, 2.24) is 0 Å². The Hall–Kier alpha value is -1.39. The second-order valence-electron chi connectivity index (χ2n) is 4.39. The molecule has 0 N–H and O–H groups in total. The van der Waals surface area contributed by atoms with Crippen molar-refractivity contribution in [2.75, 3.05) is 20.3 Å². The minimum atomic E-state index is -0.413. The summed E-state index contributed by atoms with van der Waals surface area (Å²) in [5.41, 5.74) is 2.70. The second kappa shape index (κ2) is 5.50. The predicted molar refractivity (Wildman–Crippen MR) is 67.1 cm³/mol. The van der Waals surface area contributed by atoms with Crippen molar-refractivity contribution in [3.8, 4) is 5.75 Å². The fourth-order valence-electron chi connectivity index (χ4n) is 2.06. The first-order valence-corrected chi connectivity index (χ1v) is 6.04. The molecule has 0 aromatic heterocycles. The van der Waals surface area contributed by atoms with E-state index < -0.39 is 6.29 Å². The molecule has 0 aliphatic carbocycles. The van der Waals surface area contributed by atoms with Gasteiger partial charge in [0.15, 0.2) is 12.1 Å². The van der Waals surface area contributed by atoms with E-state index in [4.69, 9.17) is 14.2 Å². The van der Waals surface area contributed by atoms with Crippen molar-refractivity contribution < 1.29 is 19.0 Å². The first-order chi connectivity index (χ1) is 8.63. The summed E-state index contributed by atoms with van der Waals surface area (Å²) >= 11 is 0. The number of aryl methyl sites for hydroxylation is 1. The molecule has 1 aliphatic rings. The summed E-state index contributed by atoms with van der Waals surface area (Å²) in [6, 6.07) is 3.74. The molecule has 2 rings (SSSR count). The summed E-state index contributed by atoms with van der Waals surface area (Å²) in [7, 11) is 1.58. The molecule has 0 amide bonds. The third-order valence-corrected chi connectivity index (χ3v) is 3.22. The lowest BCUT2D eigenvalue weighted by Crippen LogP contribution is -2.15. The first-order valence-electron chi connectivity index (χ1n) is 6.04. The van der Waals surface area contributed by atoms with Crippen molar-refractivity contribution in [2.24, 2.45) is 0 Å². The number of benzene rings is 1. The van der Waals surface area contributed by atoms with Gasteiger partial charge in [0.2, 0.25) is 0 Å². The fourth-order valence-corrected chi connectivity index (χ4v) is 2.06. The average molecular weight is 250 g/mol. The van der Waals surface area contributed by atoms with Gasteiger partial charge >= 0.3 is 0 Å². The minimum Gasteiger partial charge on any atom is -0.496 e. The third kappa shape index (κ3) is 2.54. The monoisotopic (exact) mass is 250 g/mol. The standard InChI is InChI=1S/C14H18O4/c1-9-4-5-11(14(16-3)10(9)2)12(15)8-13-17-6-7-18-13/h4-5,13H,6-8H2,1-3H3. The zero-order valence-electron chi connectivity index (χ0n) is 11.0. The molecule has 0 saturated carbocycles. The lowest BCUT2D eigenvalue weighted by Gasteiger charge is -2.14. The third-order valence-electron chi connectivity index (χ3n) is 3.22. The van der Waals surface area contributed by atoms with Gasteiger partial charge in [0.1, 0.15) is 5.75 Å². The molecule has 4 heteroatoms. The number of hydrogen-bond acceptors (Lipinski definition) is 4. The van der Waals surface area contributed by atoms with Crippen LogP contribution in [-0.2, 0) is 9.47 Å². The smallest absolute Gasteiger partial charge is 0.171 e. The number of ether oxygens (including phenoxy) is 3. The molecule has 1 aliphatic heterocycles. The number of hydrogen-bond donors (Lipinski definition) is 0. The van der Waals surface area contributed by atoms with Crippen LogP contribution in [-0.4, -0.2) is 32.4 Å². The maximum Gasteiger partial charge on any atom is 0.171 e. The Kier molecular flexibility index (Phi) is 3.99. The Morgan fingerprint density at radius 3 is 2.61 bits per heavy atom. The highest BCUT2D eigenvalue weighted by Crippen LogP contribution is 2.28. The molecular formula is C14H18O4. The highest BCUT2D eigenvalue weighted by Gasteiger charge is 2.23. The van der Waals surface area contributed by atoms with E-state index in [0.29, 0.717) is 24.5 Å². The molecular weight excluding hydrogens is 232 g/mol. The fraction of sp³-hybridized carbons (Fsp3) is 0.500. The van der Waals surface area contributed by atoms with Gasteiger partial charge in [0.05, 0.1) is 32.3 Å². The van der Waals surface area contributed by atoms with Crippen LogP contribution in [0.5, 0.6) is 5.75 Å². The molecule has 0 spiro atoms. The van der Waals surface area contributed by atoms with E-state index >= 15 is 0 Å². The van der Waals surface area contributed by atoms with E-state index in [-0.39, 0.29) is 12.2 Å². The zero-order chi connectivity index (χ0) is 13.1. The van der Waals surface area contributed by atoms with Crippen LogP contribution in [0.15, 0.2) is 12.1 Å². The van der Waals surface area contributed by atoms with E-state index in [2.05, 4.69) is 0 Å². The SMILES string of the molecule is COc1c(C(=O)CC2OCCO2)ccc(C)c1C. The quantitative estimate of drug-likeness (QED) is 0.769. The predicted octanol–water partition coefficient (Wildman–Crippen LogP) is 2.26. The van der Waals surface area contributed by atoms with Gasteiger partial charge < -0.3 is 14.2 Å². The molecule has 0 radical (unpaired) electrons. The minimum absolute atomic E-state index is 0.0122. The Balaban J connectivity index is 2.21. The van der Waals surface area contributed by atoms with Crippen LogP contribution in [0.25, 0.3) is 0 Å². The molecule has 4 nitrogen and oxygen atoms in total. The van der Waals surface area contributed by atoms with Crippen LogP contribution in [0.1, 0.15) is 27.9 Å². The normalized spacial score (nSPS) is 15.9. The van der Waals surface area contributed by atoms with Gasteiger partial charge in [-0.25, -0.2) is 0 Å². The Morgan fingerprint density at radius 2 is 2.00 bits per heavy atom. The van der Waals surface area contributed by atoms with E-state index in [1.54, 1.807) is 13.2 Å². The summed E-state index contributed by atoms with van der Waals surface area (Å²) in [4.78, 5) is 12.2. The van der Waals surface area contributed by atoms with Crippen molar-refractivity contribution in [2.45, 2.75) is 26.6 Å². The molecule has 0 unspecified atom stereocenters. The highest BCUT2D eigenvalue weighted by atomic mass is 16.7. The number of carbonyl (C=O) groups excluding carboxylic acids is 1. The summed E-state index contributed by atoms with van der Waals surface area (Å²) in [5.74, 6) is 0.639. The van der Waals surface area contributed by atoms with E-state index in [9.17, 15) is 4.79 Å². The van der Waals surface area contributed by atoms with Crippen molar-refractivity contribution in [3.05, 3.63) is 28.8 Å². The van der Waals surface area contributed by atoms with Crippen LogP contribution in [0, 0.1) is 13.8 Å². The zero-order valence-corrected chi connectivity index (χ0v) is 11.0. The number of carbonyl (C=O) groups is 1. The lowest BCUT2D eigenvalue weighted by molar-refractivity contribution is -0.0407. The second-order valence-corrected chi connectivity index (χ2v) is 4.39. The maximum absolute atomic E-state index is 12.2. The summed E-state index contributed by atoms with van der Waals surface area (Å²) in [6.45, 7) is 5.06. The number of Topliss-reactive ketones (excluding diaryl/α,β-unsaturated/α-hetero) is 1. The van der Waals surface area contributed by atoms with Crippen molar-refractivity contribution >= 4 is 5.78 Å². The molecule has 1 aromatic rings. The van der Waals surface area contributed by atoms with Gasteiger partial charge in [-0.2, -0.15) is 0 Å². The van der Waals surface area contributed by atoms with Gasteiger partial charge in [0, 0.05) is 0 Å². The van der Waals surface area contributed by atoms with Crippen LogP contribution >= 0.6 is 0 Å². The average Bonchev–Trinajstić information content (AvgIpc) is 2.85. The molecule has 1 fully saturated rings. The Bertz CT molecular complexity index is 447. The van der Waals surface area contributed by atoms with Crippen LogP contribution in [0.2, 0.25) is 0 Å². The van der Waals surface area contributed by atoms with Crippen molar-refractivity contribution in [3.63, 3.8) is 0 Å². The molecule has 1 heterocycles. The lowest BCUT2D eigenvalue weighted by atomic mass is 10.00.